The minimum atomic E-state index is -0.508. The number of piperidine rings is 1. The van der Waals surface area contributed by atoms with Crippen LogP contribution < -0.4 is 15.5 Å². The minimum absolute atomic E-state index is 0.0880. The van der Waals surface area contributed by atoms with Gasteiger partial charge in [-0.25, -0.2) is 0 Å². The predicted molar refractivity (Wildman–Crippen MR) is 156 cm³/mol. The summed E-state index contributed by atoms with van der Waals surface area (Å²) in [6.07, 6.45) is 6.40. The van der Waals surface area contributed by atoms with Gasteiger partial charge >= 0.3 is 0 Å². The highest BCUT2D eigenvalue weighted by Gasteiger charge is 2.23. The molecule has 10 nitrogen and oxygen atoms in total. The van der Waals surface area contributed by atoms with Crippen LogP contribution in [0.25, 0.3) is 0 Å². The highest BCUT2D eigenvalue weighted by atomic mass is 32.2. The number of aryl methyl sites for hydroxylation is 2. The molecule has 0 bridgehead atoms. The normalized spacial score (nSPS) is 13.2. The monoisotopic (exact) mass is 568 g/mol. The average molecular weight is 569 g/mol. The van der Waals surface area contributed by atoms with Crippen LogP contribution in [-0.2, 0) is 11.2 Å². The molecule has 0 spiro atoms. The number of carbonyl (C=O) groups is 2. The van der Waals surface area contributed by atoms with Crippen LogP contribution in [0.1, 0.15) is 60.5 Å². The molecular weight excluding hydrogens is 536 g/mol. The van der Waals surface area contributed by atoms with Gasteiger partial charge in [-0.2, -0.15) is 0 Å². The Morgan fingerprint density at radius 1 is 1.10 bits per heavy atom. The predicted octanol–water partition coefficient (Wildman–Crippen LogP) is 6.07. The van der Waals surface area contributed by atoms with Gasteiger partial charge in [0.05, 0.1) is 10.7 Å². The van der Waals surface area contributed by atoms with Crippen LogP contribution >= 0.6 is 23.1 Å². The summed E-state index contributed by atoms with van der Waals surface area (Å²) in [5, 5.41) is 25.6. The molecule has 2 heterocycles. The number of amides is 2. The topological polar surface area (TPSA) is 130 Å². The number of hydrogen-bond donors (Lipinski definition) is 2. The molecule has 2 N–H and O–H groups in total. The number of hydrogen-bond acceptors (Lipinski definition) is 9. The highest BCUT2D eigenvalue weighted by Crippen LogP contribution is 2.32. The standard InChI is InChI=1S/C27H32N6O4S2/c1-3-4-8-19-9-11-21(18(2)15-19)28-24(34)17-38-27-31-30-26(39-27)29-25(35)20-10-12-22(23(16-20)33(36)37)32-13-6-5-7-14-32/h9-12,15-16H,3-8,13-14,17H2,1-2H3,(H,28,34)(H,29,30,35). The van der Waals surface area contributed by atoms with Crippen molar-refractivity contribution < 1.29 is 14.5 Å². The van der Waals surface area contributed by atoms with E-state index in [4.69, 9.17) is 0 Å². The van der Waals surface area contributed by atoms with E-state index in [1.54, 1.807) is 12.1 Å². The molecule has 1 aliphatic rings. The average Bonchev–Trinajstić information content (AvgIpc) is 3.39. The summed E-state index contributed by atoms with van der Waals surface area (Å²) in [7, 11) is 0. The summed E-state index contributed by atoms with van der Waals surface area (Å²) in [6.45, 7) is 5.67. The van der Waals surface area contributed by atoms with Crippen LogP contribution in [0, 0.1) is 17.0 Å². The first-order valence-corrected chi connectivity index (χ1v) is 14.8. The van der Waals surface area contributed by atoms with Crippen molar-refractivity contribution in [2.24, 2.45) is 0 Å². The van der Waals surface area contributed by atoms with Crippen molar-refractivity contribution in [3.8, 4) is 0 Å². The van der Waals surface area contributed by atoms with E-state index >= 15 is 0 Å². The fraction of sp³-hybridized carbons (Fsp3) is 0.407. The van der Waals surface area contributed by atoms with Gasteiger partial charge in [0.2, 0.25) is 11.0 Å². The number of rotatable bonds is 11. The van der Waals surface area contributed by atoms with Crippen LogP contribution in [-0.4, -0.2) is 45.8 Å². The first-order valence-electron chi connectivity index (χ1n) is 13.0. The first-order chi connectivity index (χ1) is 18.8. The Morgan fingerprint density at radius 3 is 2.62 bits per heavy atom. The molecular formula is C27H32N6O4S2. The molecule has 1 aromatic heterocycles. The van der Waals surface area contributed by atoms with Gasteiger partial charge in [0.1, 0.15) is 5.69 Å². The maximum absolute atomic E-state index is 12.8. The Labute approximate surface area is 235 Å². The molecule has 1 aliphatic heterocycles. The highest BCUT2D eigenvalue weighted by molar-refractivity contribution is 8.01. The smallest absolute Gasteiger partial charge is 0.293 e. The lowest BCUT2D eigenvalue weighted by Crippen LogP contribution is -2.30. The largest absolute Gasteiger partial charge is 0.366 e. The summed E-state index contributed by atoms with van der Waals surface area (Å²) in [4.78, 5) is 38.5. The van der Waals surface area contributed by atoms with Gasteiger partial charge in [-0.05, 0) is 68.4 Å². The molecule has 3 aromatic rings. The first kappa shape index (κ1) is 28.5. The molecule has 1 fully saturated rings. The van der Waals surface area contributed by atoms with E-state index in [2.05, 4.69) is 33.8 Å². The molecule has 4 rings (SSSR count). The van der Waals surface area contributed by atoms with Crippen molar-refractivity contribution in [3.05, 3.63) is 63.2 Å². The number of benzene rings is 2. The molecule has 2 amide bonds. The van der Waals surface area contributed by atoms with Gasteiger partial charge in [-0.3, -0.25) is 25.0 Å². The molecule has 0 saturated carbocycles. The third kappa shape index (κ3) is 7.76. The molecule has 2 aromatic carbocycles. The quantitative estimate of drug-likeness (QED) is 0.123. The van der Waals surface area contributed by atoms with Crippen LogP contribution in [0.2, 0.25) is 0 Å². The second kappa shape index (κ2) is 13.5. The van der Waals surface area contributed by atoms with E-state index in [1.807, 2.05) is 24.0 Å². The summed E-state index contributed by atoms with van der Waals surface area (Å²) >= 11 is 2.36. The van der Waals surface area contributed by atoms with E-state index in [0.717, 1.165) is 74.2 Å². The summed E-state index contributed by atoms with van der Waals surface area (Å²) in [5.74, 6) is -0.526. The zero-order valence-electron chi connectivity index (χ0n) is 22.1. The second-order valence-electron chi connectivity index (χ2n) is 9.43. The van der Waals surface area contributed by atoms with Gasteiger partial charge in [-0.1, -0.05) is 48.6 Å². The SMILES string of the molecule is CCCCc1ccc(NC(=O)CSc2nnc(NC(=O)c3ccc(N4CCCCC4)c([N+](=O)[O-])c3)s2)c(C)c1. The number of nitrogens with zero attached hydrogens (tertiary/aromatic N) is 4. The lowest BCUT2D eigenvalue weighted by Gasteiger charge is -2.28. The molecule has 0 aliphatic carbocycles. The third-order valence-corrected chi connectivity index (χ3v) is 8.44. The van der Waals surface area contributed by atoms with Crippen LogP contribution in [0.5, 0.6) is 0 Å². The Kier molecular flexibility index (Phi) is 9.88. The van der Waals surface area contributed by atoms with Crippen molar-refractivity contribution in [3.63, 3.8) is 0 Å². The Morgan fingerprint density at radius 2 is 1.90 bits per heavy atom. The maximum atomic E-state index is 12.8. The van der Waals surface area contributed by atoms with Gasteiger partial charge in [-0.15, -0.1) is 10.2 Å². The number of anilines is 3. The number of nitro groups is 1. The minimum Gasteiger partial charge on any atom is -0.366 e. The van der Waals surface area contributed by atoms with Crippen molar-refractivity contribution in [2.45, 2.75) is 56.7 Å². The van der Waals surface area contributed by atoms with Crippen LogP contribution in [0.3, 0.4) is 0 Å². The number of thioether (sulfide) groups is 1. The fourth-order valence-corrected chi connectivity index (χ4v) is 5.96. The van der Waals surface area contributed by atoms with E-state index < -0.39 is 10.8 Å². The van der Waals surface area contributed by atoms with Crippen molar-refractivity contribution >= 4 is 57.1 Å². The molecule has 206 valence electrons. The zero-order chi connectivity index (χ0) is 27.8. The lowest BCUT2D eigenvalue weighted by molar-refractivity contribution is -0.384. The maximum Gasteiger partial charge on any atom is 0.293 e. The van der Waals surface area contributed by atoms with E-state index in [0.29, 0.717) is 10.0 Å². The summed E-state index contributed by atoms with van der Waals surface area (Å²) in [5.41, 5.74) is 3.68. The van der Waals surface area contributed by atoms with Crippen molar-refractivity contribution in [1.82, 2.24) is 10.2 Å². The Bertz CT molecular complexity index is 1340. The van der Waals surface area contributed by atoms with E-state index in [9.17, 15) is 19.7 Å². The number of aromatic nitrogens is 2. The van der Waals surface area contributed by atoms with Crippen molar-refractivity contribution in [1.29, 1.82) is 0 Å². The molecule has 0 atom stereocenters. The van der Waals surface area contributed by atoms with Gasteiger partial charge < -0.3 is 10.2 Å². The second-order valence-corrected chi connectivity index (χ2v) is 11.6. The van der Waals surface area contributed by atoms with E-state index in [1.165, 1.54) is 23.4 Å². The molecule has 0 radical (unpaired) electrons. The van der Waals surface area contributed by atoms with Gasteiger partial charge in [0.25, 0.3) is 11.6 Å². The van der Waals surface area contributed by atoms with Gasteiger partial charge in [0, 0.05) is 30.4 Å². The fourth-order valence-electron chi connectivity index (χ4n) is 4.42. The Hall–Kier alpha value is -3.51. The number of nitro benzene ring substituents is 1. The van der Waals surface area contributed by atoms with Gasteiger partial charge in [0.15, 0.2) is 4.34 Å². The number of nitrogens with one attached hydrogen (secondary N) is 2. The van der Waals surface area contributed by atoms with Crippen LogP contribution in [0.4, 0.5) is 22.2 Å². The third-order valence-electron chi connectivity index (χ3n) is 6.47. The molecule has 0 unspecified atom stereocenters. The number of unbranched alkanes of at least 4 members (excludes halogenated alkanes) is 1. The number of carbonyl (C=O) groups excluding carboxylic acids is 2. The van der Waals surface area contributed by atoms with Crippen LogP contribution in [0.15, 0.2) is 40.7 Å². The van der Waals surface area contributed by atoms with Crippen molar-refractivity contribution in [2.75, 3.05) is 34.4 Å². The molecule has 39 heavy (non-hydrogen) atoms. The molecule has 12 heteroatoms. The van der Waals surface area contributed by atoms with E-state index in [-0.39, 0.29) is 28.0 Å². The zero-order valence-corrected chi connectivity index (χ0v) is 23.7. The summed E-state index contributed by atoms with van der Waals surface area (Å²) < 4.78 is 0.526. The molecule has 1 saturated heterocycles. The Balaban J connectivity index is 1.32. The summed E-state index contributed by atoms with van der Waals surface area (Å²) in [6, 6.07) is 10.6. The lowest BCUT2D eigenvalue weighted by atomic mass is 10.0.